The van der Waals surface area contributed by atoms with Gasteiger partial charge in [-0.2, -0.15) is 13.5 Å². The summed E-state index contributed by atoms with van der Waals surface area (Å²) in [6, 6.07) is 1.45. The fourth-order valence-corrected chi connectivity index (χ4v) is 2.39. The number of alkyl halides is 2. The molecule has 0 amide bonds. The number of nitrogen functional groups attached to an aromatic ring is 1. The first kappa shape index (κ1) is 11.8. The summed E-state index contributed by atoms with van der Waals surface area (Å²) in [5.74, 6) is 0.305. The lowest BCUT2D eigenvalue weighted by atomic mass is 9.98. The fraction of sp³-hybridized carbons (Fsp3) is 0.364. The normalized spacial score (nSPS) is 17.5. The average molecular weight is 266 g/mol. The molecule has 1 aliphatic heterocycles. The summed E-state index contributed by atoms with van der Waals surface area (Å²) in [7, 11) is 1.83. The standard InChI is InChI=1S/C11H12F2N6/c1-5-7-8(19(11(12)13)17-16-7)6-3-4-15-10(14)9(6)18(5)2/h3-5,11H,1-2H3,(H2,14,15). The minimum atomic E-state index is -2.74. The van der Waals surface area contributed by atoms with E-state index in [4.69, 9.17) is 5.73 Å². The van der Waals surface area contributed by atoms with Gasteiger partial charge < -0.3 is 10.6 Å². The van der Waals surface area contributed by atoms with Crippen LogP contribution in [0.3, 0.4) is 0 Å². The molecular weight excluding hydrogens is 254 g/mol. The molecule has 2 aromatic heterocycles. The van der Waals surface area contributed by atoms with Crippen LogP contribution in [0.1, 0.15) is 25.2 Å². The highest BCUT2D eigenvalue weighted by molar-refractivity contribution is 5.87. The van der Waals surface area contributed by atoms with E-state index in [-0.39, 0.29) is 6.04 Å². The first-order valence-electron chi connectivity index (χ1n) is 5.73. The Labute approximate surface area is 107 Å². The summed E-state index contributed by atoms with van der Waals surface area (Å²) < 4.78 is 26.6. The molecule has 3 rings (SSSR count). The SMILES string of the molecule is CC1c2nnn(C(F)F)c2-c2ccnc(N)c2N1C. The van der Waals surface area contributed by atoms with E-state index in [9.17, 15) is 8.78 Å². The van der Waals surface area contributed by atoms with E-state index in [0.717, 1.165) is 0 Å². The van der Waals surface area contributed by atoms with E-state index in [1.54, 1.807) is 6.07 Å². The number of hydrogen-bond acceptors (Lipinski definition) is 5. The van der Waals surface area contributed by atoms with Crippen LogP contribution in [-0.2, 0) is 0 Å². The molecule has 3 heterocycles. The smallest absolute Gasteiger partial charge is 0.335 e. The van der Waals surface area contributed by atoms with E-state index in [0.29, 0.717) is 33.1 Å². The van der Waals surface area contributed by atoms with Crippen LogP contribution in [0.2, 0.25) is 0 Å². The third-order valence-corrected chi connectivity index (χ3v) is 3.44. The number of rotatable bonds is 1. The van der Waals surface area contributed by atoms with Crippen LogP contribution in [0, 0.1) is 0 Å². The van der Waals surface area contributed by atoms with Gasteiger partial charge in [-0.15, -0.1) is 5.10 Å². The molecule has 1 aliphatic rings. The Morgan fingerprint density at radius 2 is 2.16 bits per heavy atom. The molecule has 0 fully saturated rings. The van der Waals surface area contributed by atoms with Crippen LogP contribution < -0.4 is 10.6 Å². The summed E-state index contributed by atoms with van der Waals surface area (Å²) >= 11 is 0. The predicted molar refractivity (Wildman–Crippen MR) is 65.7 cm³/mol. The molecule has 8 heteroatoms. The Balaban J connectivity index is 2.34. The molecule has 0 aromatic carbocycles. The van der Waals surface area contributed by atoms with Crippen LogP contribution in [0.4, 0.5) is 20.3 Å². The van der Waals surface area contributed by atoms with Gasteiger partial charge in [0.2, 0.25) is 0 Å². The van der Waals surface area contributed by atoms with Crippen molar-refractivity contribution < 1.29 is 8.78 Å². The topological polar surface area (TPSA) is 72.9 Å². The summed E-state index contributed by atoms with van der Waals surface area (Å²) in [4.78, 5) is 5.87. The van der Waals surface area contributed by atoms with Crippen molar-refractivity contribution in [3.8, 4) is 11.3 Å². The van der Waals surface area contributed by atoms with Crippen LogP contribution in [0.5, 0.6) is 0 Å². The van der Waals surface area contributed by atoms with Gasteiger partial charge in [-0.25, -0.2) is 4.98 Å². The van der Waals surface area contributed by atoms with Crippen molar-refractivity contribution >= 4 is 11.5 Å². The van der Waals surface area contributed by atoms with Gasteiger partial charge in [-0.1, -0.05) is 5.21 Å². The van der Waals surface area contributed by atoms with E-state index in [2.05, 4.69) is 15.3 Å². The zero-order valence-corrected chi connectivity index (χ0v) is 10.4. The Kier molecular flexibility index (Phi) is 2.41. The quantitative estimate of drug-likeness (QED) is 0.852. The average Bonchev–Trinajstić information content (AvgIpc) is 2.80. The molecule has 0 aliphatic carbocycles. The zero-order chi connectivity index (χ0) is 13.7. The van der Waals surface area contributed by atoms with Gasteiger partial charge in [0.1, 0.15) is 17.2 Å². The molecule has 19 heavy (non-hydrogen) atoms. The number of nitrogens with zero attached hydrogens (tertiary/aromatic N) is 5. The molecule has 100 valence electrons. The number of halogens is 2. The molecule has 0 spiro atoms. The molecule has 1 atom stereocenters. The summed E-state index contributed by atoms with van der Waals surface area (Å²) in [6.07, 6.45) is 1.49. The fourth-order valence-electron chi connectivity index (χ4n) is 2.39. The third-order valence-electron chi connectivity index (χ3n) is 3.44. The molecule has 0 radical (unpaired) electrons. The Morgan fingerprint density at radius 3 is 2.84 bits per heavy atom. The van der Waals surface area contributed by atoms with Crippen molar-refractivity contribution in [2.45, 2.75) is 19.5 Å². The second-order valence-corrected chi connectivity index (χ2v) is 4.42. The van der Waals surface area contributed by atoms with Gasteiger partial charge in [0, 0.05) is 18.8 Å². The minimum Gasteiger partial charge on any atom is -0.382 e. The van der Waals surface area contributed by atoms with E-state index >= 15 is 0 Å². The maximum atomic E-state index is 13.0. The lowest BCUT2D eigenvalue weighted by molar-refractivity contribution is 0.0564. The van der Waals surface area contributed by atoms with Gasteiger partial charge in [0.05, 0.1) is 11.7 Å². The number of anilines is 2. The summed E-state index contributed by atoms with van der Waals surface area (Å²) in [5, 5.41) is 7.41. The number of nitrogens with two attached hydrogens (primary N) is 1. The molecule has 1 unspecified atom stereocenters. The van der Waals surface area contributed by atoms with E-state index in [1.165, 1.54) is 6.20 Å². The highest BCUT2D eigenvalue weighted by Gasteiger charge is 2.34. The van der Waals surface area contributed by atoms with E-state index < -0.39 is 6.55 Å². The number of aromatic nitrogens is 4. The van der Waals surface area contributed by atoms with Crippen molar-refractivity contribution in [2.75, 3.05) is 17.7 Å². The Morgan fingerprint density at radius 1 is 1.42 bits per heavy atom. The van der Waals surface area contributed by atoms with Crippen LogP contribution >= 0.6 is 0 Å². The molecule has 2 N–H and O–H groups in total. The largest absolute Gasteiger partial charge is 0.382 e. The van der Waals surface area contributed by atoms with Gasteiger partial charge >= 0.3 is 6.55 Å². The number of pyridine rings is 1. The first-order valence-corrected chi connectivity index (χ1v) is 5.73. The van der Waals surface area contributed by atoms with Gasteiger partial charge in [-0.05, 0) is 13.0 Å². The second kappa shape index (κ2) is 3.87. The highest BCUT2D eigenvalue weighted by Crippen LogP contribution is 2.45. The molecular formula is C11H12F2N6. The van der Waals surface area contributed by atoms with Crippen molar-refractivity contribution in [3.05, 3.63) is 18.0 Å². The van der Waals surface area contributed by atoms with Crippen LogP contribution in [0.25, 0.3) is 11.3 Å². The number of hydrogen-bond donors (Lipinski definition) is 1. The minimum absolute atomic E-state index is 0.193. The monoisotopic (exact) mass is 266 g/mol. The predicted octanol–water partition coefficient (Wildman–Crippen LogP) is 1.83. The van der Waals surface area contributed by atoms with Gasteiger partial charge in [0.25, 0.3) is 0 Å². The van der Waals surface area contributed by atoms with Crippen molar-refractivity contribution in [3.63, 3.8) is 0 Å². The van der Waals surface area contributed by atoms with Gasteiger partial charge in [-0.3, -0.25) is 0 Å². The molecule has 0 bridgehead atoms. The summed E-state index contributed by atoms with van der Waals surface area (Å²) in [5.41, 5.74) is 7.89. The molecule has 6 nitrogen and oxygen atoms in total. The molecule has 0 saturated carbocycles. The van der Waals surface area contributed by atoms with Crippen LogP contribution in [0.15, 0.2) is 12.3 Å². The van der Waals surface area contributed by atoms with Crippen LogP contribution in [-0.4, -0.2) is 27.0 Å². The third kappa shape index (κ3) is 1.49. The lowest BCUT2D eigenvalue weighted by Gasteiger charge is -2.33. The lowest BCUT2D eigenvalue weighted by Crippen LogP contribution is -2.28. The maximum absolute atomic E-state index is 13.0. The van der Waals surface area contributed by atoms with Gasteiger partial charge in [0.15, 0.2) is 0 Å². The Bertz CT molecular complexity index is 638. The first-order chi connectivity index (χ1) is 9.02. The maximum Gasteiger partial charge on any atom is 0.335 e. The molecule has 0 saturated heterocycles. The van der Waals surface area contributed by atoms with E-state index in [1.807, 2.05) is 18.9 Å². The van der Waals surface area contributed by atoms with Crippen molar-refractivity contribution in [2.24, 2.45) is 0 Å². The zero-order valence-electron chi connectivity index (χ0n) is 10.4. The summed E-state index contributed by atoms with van der Waals surface area (Å²) in [6.45, 7) is -0.882. The highest BCUT2D eigenvalue weighted by atomic mass is 19.3. The molecule has 2 aromatic rings. The Hall–Kier alpha value is -2.25. The van der Waals surface area contributed by atoms with Crippen molar-refractivity contribution in [1.29, 1.82) is 0 Å². The number of fused-ring (bicyclic) bond motifs is 3. The van der Waals surface area contributed by atoms with Crippen molar-refractivity contribution in [1.82, 2.24) is 20.0 Å². The second-order valence-electron chi connectivity index (χ2n) is 4.42.